The monoisotopic (exact) mass is 283 g/mol. The van der Waals surface area contributed by atoms with Gasteiger partial charge in [-0.05, 0) is 48.2 Å². The van der Waals surface area contributed by atoms with E-state index in [9.17, 15) is 0 Å². The molecule has 0 fully saturated rings. The van der Waals surface area contributed by atoms with Crippen molar-refractivity contribution >= 4 is 0 Å². The minimum atomic E-state index is 0.341. The smallest absolute Gasteiger partial charge is 0.119 e. The van der Waals surface area contributed by atoms with Crippen molar-refractivity contribution in [3.8, 4) is 5.75 Å². The Bertz CT molecular complexity index is 565. The Morgan fingerprint density at radius 1 is 1.00 bits per heavy atom. The fourth-order valence-electron chi connectivity index (χ4n) is 2.62. The Hall–Kier alpha value is -1.80. The third kappa shape index (κ3) is 4.33. The van der Waals surface area contributed by atoms with Gasteiger partial charge in [0.2, 0.25) is 0 Å². The minimum Gasteiger partial charge on any atom is -0.497 e. The van der Waals surface area contributed by atoms with Crippen molar-refractivity contribution in [3.63, 3.8) is 0 Å². The molecule has 2 aromatic carbocycles. The molecule has 0 aliphatic rings. The van der Waals surface area contributed by atoms with Gasteiger partial charge in [0.15, 0.2) is 0 Å². The van der Waals surface area contributed by atoms with Crippen molar-refractivity contribution in [3.05, 3.63) is 65.2 Å². The first-order valence-corrected chi connectivity index (χ1v) is 7.72. The normalized spacial score (nSPS) is 12.1. The van der Waals surface area contributed by atoms with Crippen molar-refractivity contribution in [1.29, 1.82) is 0 Å². The first-order valence-electron chi connectivity index (χ1n) is 7.72. The van der Waals surface area contributed by atoms with Crippen LogP contribution in [0.5, 0.6) is 5.75 Å². The quantitative estimate of drug-likeness (QED) is 0.824. The average molecular weight is 283 g/mol. The maximum atomic E-state index is 5.32. The summed E-state index contributed by atoms with van der Waals surface area (Å²) in [4.78, 5) is 0. The number of nitrogens with one attached hydrogen (secondary N) is 1. The van der Waals surface area contributed by atoms with E-state index >= 15 is 0 Å². The van der Waals surface area contributed by atoms with Gasteiger partial charge in [-0.1, -0.05) is 50.2 Å². The van der Waals surface area contributed by atoms with Crippen LogP contribution in [0.25, 0.3) is 0 Å². The summed E-state index contributed by atoms with van der Waals surface area (Å²) < 4.78 is 5.32. The molecule has 112 valence electrons. The lowest BCUT2D eigenvalue weighted by molar-refractivity contribution is 0.414. The van der Waals surface area contributed by atoms with Crippen molar-refractivity contribution < 1.29 is 4.74 Å². The second kappa shape index (κ2) is 7.84. The van der Waals surface area contributed by atoms with Crippen molar-refractivity contribution in [2.75, 3.05) is 13.7 Å². The molecule has 1 atom stereocenters. The molecule has 1 unspecified atom stereocenters. The second-order valence-corrected chi connectivity index (χ2v) is 5.26. The summed E-state index contributed by atoms with van der Waals surface area (Å²) in [5, 5.41) is 3.60. The molecule has 0 saturated heterocycles. The zero-order chi connectivity index (χ0) is 15.1. The van der Waals surface area contributed by atoms with Crippen LogP contribution in [0.4, 0.5) is 0 Å². The van der Waals surface area contributed by atoms with E-state index in [0.717, 1.165) is 25.1 Å². The molecule has 0 spiro atoms. The highest BCUT2D eigenvalue weighted by atomic mass is 16.5. The topological polar surface area (TPSA) is 21.3 Å². The van der Waals surface area contributed by atoms with E-state index in [-0.39, 0.29) is 0 Å². The number of methoxy groups -OCH3 is 1. The van der Waals surface area contributed by atoms with Crippen molar-refractivity contribution in [1.82, 2.24) is 5.32 Å². The molecule has 0 aliphatic heterocycles. The molecule has 2 rings (SSSR count). The van der Waals surface area contributed by atoms with Crippen LogP contribution in [0.1, 0.15) is 36.6 Å². The van der Waals surface area contributed by atoms with Crippen LogP contribution in [-0.2, 0) is 12.8 Å². The van der Waals surface area contributed by atoms with Crippen molar-refractivity contribution in [2.45, 2.75) is 32.7 Å². The molecule has 0 amide bonds. The second-order valence-electron chi connectivity index (χ2n) is 5.26. The van der Waals surface area contributed by atoms with E-state index in [2.05, 4.69) is 61.6 Å². The van der Waals surface area contributed by atoms with Gasteiger partial charge < -0.3 is 10.1 Å². The molecule has 1 N–H and O–H groups in total. The van der Waals surface area contributed by atoms with Gasteiger partial charge in [-0.2, -0.15) is 0 Å². The van der Waals surface area contributed by atoms with Crippen LogP contribution in [0.2, 0.25) is 0 Å². The third-order valence-corrected chi connectivity index (χ3v) is 3.79. The zero-order valence-electron chi connectivity index (χ0n) is 13.2. The molecule has 0 aliphatic carbocycles. The Balaban J connectivity index is 2.21. The fourth-order valence-corrected chi connectivity index (χ4v) is 2.62. The number of hydrogen-bond donors (Lipinski definition) is 1. The van der Waals surface area contributed by atoms with Gasteiger partial charge in [-0.25, -0.2) is 0 Å². The number of likely N-dealkylation sites (N-methyl/N-ethyl adjacent to an activating group) is 1. The Morgan fingerprint density at radius 3 is 2.48 bits per heavy atom. The van der Waals surface area contributed by atoms with Gasteiger partial charge in [-0.3, -0.25) is 0 Å². The lowest BCUT2D eigenvalue weighted by atomic mass is 9.96. The molecular weight excluding hydrogens is 258 g/mol. The number of ether oxygens (including phenoxy) is 1. The fraction of sp³-hybridized carbons (Fsp3) is 0.368. The van der Waals surface area contributed by atoms with Gasteiger partial charge >= 0.3 is 0 Å². The van der Waals surface area contributed by atoms with Gasteiger partial charge in [0, 0.05) is 6.04 Å². The molecule has 0 saturated carbocycles. The summed E-state index contributed by atoms with van der Waals surface area (Å²) in [6, 6.07) is 17.5. The molecule has 2 aromatic rings. The largest absolute Gasteiger partial charge is 0.497 e. The summed E-state index contributed by atoms with van der Waals surface area (Å²) in [5.74, 6) is 0.921. The van der Waals surface area contributed by atoms with Crippen LogP contribution in [0.15, 0.2) is 48.5 Å². The summed E-state index contributed by atoms with van der Waals surface area (Å²) in [5.41, 5.74) is 4.04. The Morgan fingerprint density at radius 2 is 1.76 bits per heavy atom. The molecule has 0 aromatic heterocycles. The lowest BCUT2D eigenvalue weighted by Gasteiger charge is -2.19. The van der Waals surface area contributed by atoms with E-state index in [1.165, 1.54) is 16.7 Å². The summed E-state index contributed by atoms with van der Waals surface area (Å²) in [6.45, 7) is 5.32. The van der Waals surface area contributed by atoms with Gasteiger partial charge in [0.1, 0.15) is 5.75 Å². The average Bonchev–Trinajstić information content (AvgIpc) is 2.54. The van der Waals surface area contributed by atoms with Crippen LogP contribution in [0.3, 0.4) is 0 Å². The van der Waals surface area contributed by atoms with E-state index in [4.69, 9.17) is 4.74 Å². The van der Waals surface area contributed by atoms with E-state index < -0.39 is 0 Å². The first kappa shape index (κ1) is 15.6. The number of hydrogen-bond acceptors (Lipinski definition) is 2. The minimum absolute atomic E-state index is 0.341. The number of benzene rings is 2. The summed E-state index contributed by atoms with van der Waals surface area (Å²) in [6.07, 6.45) is 2.05. The zero-order valence-corrected chi connectivity index (χ0v) is 13.2. The van der Waals surface area contributed by atoms with Crippen LogP contribution >= 0.6 is 0 Å². The van der Waals surface area contributed by atoms with Crippen LogP contribution < -0.4 is 10.1 Å². The molecule has 2 nitrogen and oxygen atoms in total. The third-order valence-electron chi connectivity index (χ3n) is 3.79. The molecule has 21 heavy (non-hydrogen) atoms. The molecule has 2 heteroatoms. The Kier molecular flexibility index (Phi) is 5.82. The first-order chi connectivity index (χ1) is 10.3. The van der Waals surface area contributed by atoms with Crippen molar-refractivity contribution in [2.24, 2.45) is 0 Å². The maximum absolute atomic E-state index is 5.32. The predicted molar refractivity (Wildman–Crippen MR) is 88.9 cm³/mol. The standard InChI is InChI=1S/C19H25NO/c1-4-15-8-6-10-17(12-15)19(20-5-2)14-16-9-7-11-18(13-16)21-3/h6-13,19-20H,4-5,14H2,1-3H3. The number of aryl methyl sites for hydroxylation is 1. The van der Waals surface area contributed by atoms with Gasteiger partial charge in [0.05, 0.1) is 7.11 Å². The van der Waals surface area contributed by atoms with E-state index in [1.807, 2.05) is 6.07 Å². The lowest BCUT2D eigenvalue weighted by Crippen LogP contribution is -2.23. The van der Waals surface area contributed by atoms with Crippen LogP contribution in [-0.4, -0.2) is 13.7 Å². The van der Waals surface area contributed by atoms with Gasteiger partial charge in [0.25, 0.3) is 0 Å². The predicted octanol–water partition coefficient (Wildman–Crippen LogP) is 4.15. The van der Waals surface area contributed by atoms with Crippen LogP contribution in [0, 0.1) is 0 Å². The number of rotatable bonds is 7. The highest BCUT2D eigenvalue weighted by molar-refractivity contribution is 5.32. The van der Waals surface area contributed by atoms with E-state index in [0.29, 0.717) is 6.04 Å². The molecule has 0 radical (unpaired) electrons. The SMILES string of the molecule is CCNC(Cc1cccc(OC)c1)c1cccc(CC)c1. The summed E-state index contributed by atoms with van der Waals surface area (Å²) in [7, 11) is 1.71. The molecule has 0 bridgehead atoms. The Labute approximate surface area is 128 Å². The van der Waals surface area contributed by atoms with E-state index in [1.54, 1.807) is 7.11 Å². The molecular formula is C19H25NO. The highest BCUT2D eigenvalue weighted by Gasteiger charge is 2.12. The maximum Gasteiger partial charge on any atom is 0.119 e. The highest BCUT2D eigenvalue weighted by Crippen LogP contribution is 2.22. The van der Waals surface area contributed by atoms with Gasteiger partial charge in [-0.15, -0.1) is 0 Å². The summed E-state index contributed by atoms with van der Waals surface area (Å²) >= 11 is 0. The molecule has 0 heterocycles.